The molecule has 1 saturated heterocycles. The molecule has 50 heavy (non-hydrogen) atoms. The number of rotatable bonds is 12. The molecule has 1 amide bonds. The lowest BCUT2D eigenvalue weighted by Crippen LogP contribution is -2.42. The summed E-state index contributed by atoms with van der Waals surface area (Å²) in [5.74, 6) is 1.65. The molecule has 1 fully saturated rings. The van der Waals surface area contributed by atoms with Crippen LogP contribution in [0.25, 0.3) is 11.0 Å². The maximum atomic E-state index is 13.4. The van der Waals surface area contributed by atoms with E-state index in [-0.39, 0.29) is 11.9 Å². The van der Waals surface area contributed by atoms with Crippen LogP contribution in [0.4, 0.5) is 23.5 Å². The number of amides is 1. The monoisotopic (exact) mass is 672 g/mol. The Kier molecular flexibility index (Phi) is 10.5. The quantitative estimate of drug-likeness (QED) is 0.151. The summed E-state index contributed by atoms with van der Waals surface area (Å²) in [6.07, 6.45) is 0.369. The zero-order valence-corrected chi connectivity index (χ0v) is 29.3. The molecule has 6 rings (SSSR count). The van der Waals surface area contributed by atoms with Gasteiger partial charge in [-0.2, -0.15) is 20.2 Å². The van der Waals surface area contributed by atoms with Gasteiger partial charge in [-0.05, 0) is 72.5 Å². The third-order valence-corrected chi connectivity index (χ3v) is 8.86. The largest absolute Gasteiger partial charge is 0.347 e. The number of piperazine rings is 1. The number of likely N-dealkylation sites (N-methyl/N-ethyl adjacent to an activating group) is 1. The molecule has 0 aliphatic carbocycles. The Morgan fingerprint density at radius 2 is 1.68 bits per heavy atom. The minimum absolute atomic E-state index is 0.132. The van der Waals surface area contributed by atoms with Crippen molar-refractivity contribution in [2.75, 3.05) is 62.9 Å². The van der Waals surface area contributed by atoms with Crippen molar-refractivity contribution < 1.29 is 4.79 Å². The van der Waals surface area contributed by atoms with Gasteiger partial charge in [0.25, 0.3) is 0 Å². The Morgan fingerprint density at radius 1 is 0.940 bits per heavy atom. The number of anilines is 4. The van der Waals surface area contributed by atoms with Crippen molar-refractivity contribution in [3.63, 3.8) is 0 Å². The lowest BCUT2D eigenvalue weighted by molar-refractivity contribution is -0.129. The van der Waals surface area contributed by atoms with Crippen molar-refractivity contribution in [1.82, 2.24) is 40.0 Å². The predicted octanol–water partition coefficient (Wildman–Crippen LogP) is 4.13. The first-order valence-corrected chi connectivity index (χ1v) is 16.8. The highest BCUT2D eigenvalue weighted by molar-refractivity contribution is 5.84. The van der Waals surface area contributed by atoms with Gasteiger partial charge in [-0.25, -0.2) is 4.98 Å². The SMILES string of the molecule is Cc1cc2nc(CN(C)c3nc(Nc4cccc(CN5CCNCC5)c4)nc(N[C@@H](Cc4ccc(C#N)cc4)C(=O)N(C)C)n3)[nH]c2cc1C. The van der Waals surface area contributed by atoms with Crippen molar-refractivity contribution in [3.8, 4) is 6.07 Å². The van der Waals surface area contributed by atoms with E-state index in [1.54, 1.807) is 31.1 Å². The van der Waals surface area contributed by atoms with Crippen LogP contribution in [-0.4, -0.2) is 94.0 Å². The average molecular weight is 673 g/mol. The van der Waals surface area contributed by atoms with E-state index in [0.717, 1.165) is 60.8 Å². The van der Waals surface area contributed by atoms with Gasteiger partial charge in [0.1, 0.15) is 11.9 Å². The van der Waals surface area contributed by atoms with Crippen LogP contribution in [0.3, 0.4) is 0 Å². The summed E-state index contributed by atoms with van der Waals surface area (Å²) in [5.41, 5.74) is 7.78. The number of carbonyl (C=O) groups excluding carboxylic acids is 1. The van der Waals surface area contributed by atoms with Crippen LogP contribution in [0.15, 0.2) is 60.7 Å². The number of aromatic amines is 1. The van der Waals surface area contributed by atoms with Crippen molar-refractivity contribution in [1.29, 1.82) is 5.26 Å². The molecule has 2 aromatic heterocycles. The third-order valence-electron chi connectivity index (χ3n) is 8.86. The van der Waals surface area contributed by atoms with Gasteiger partial charge in [-0.15, -0.1) is 0 Å². The average Bonchev–Trinajstić information content (AvgIpc) is 3.49. The Hall–Kier alpha value is -5.58. The number of imidazole rings is 1. The summed E-state index contributed by atoms with van der Waals surface area (Å²) in [7, 11) is 5.35. The molecule has 258 valence electrons. The summed E-state index contributed by atoms with van der Waals surface area (Å²) in [6.45, 7) is 9.45. The zero-order valence-electron chi connectivity index (χ0n) is 29.3. The van der Waals surface area contributed by atoms with Crippen molar-refractivity contribution in [2.24, 2.45) is 0 Å². The maximum Gasteiger partial charge on any atom is 0.244 e. The first-order valence-electron chi connectivity index (χ1n) is 16.8. The minimum atomic E-state index is -0.671. The summed E-state index contributed by atoms with van der Waals surface area (Å²) in [6, 6.07) is 21.2. The number of aromatic nitrogens is 5. The van der Waals surface area contributed by atoms with Crippen molar-refractivity contribution in [2.45, 2.75) is 39.4 Å². The van der Waals surface area contributed by atoms with Crippen LogP contribution < -0.4 is 20.9 Å². The molecule has 0 unspecified atom stereocenters. The summed E-state index contributed by atoms with van der Waals surface area (Å²) in [4.78, 5) is 41.9. The van der Waals surface area contributed by atoms with E-state index < -0.39 is 6.04 Å². The summed E-state index contributed by atoms with van der Waals surface area (Å²) >= 11 is 0. The van der Waals surface area contributed by atoms with E-state index in [9.17, 15) is 10.1 Å². The van der Waals surface area contributed by atoms with Crippen LogP contribution >= 0.6 is 0 Å². The highest BCUT2D eigenvalue weighted by Crippen LogP contribution is 2.23. The van der Waals surface area contributed by atoms with Gasteiger partial charge >= 0.3 is 0 Å². The number of nitriles is 1. The van der Waals surface area contributed by atoms with Gasteiger partial charge in [0.2, 0.25) is 23.8 Å². The Bertz CT molecular complexity index is 1950. The number of H-pyrrole nitrogens is 1. The van der Waals surface area contributed by atoms with Crippen molar-refractivity contribution >= 4 is 40.5 Å². The van der Waals surface area contributed by atoms with Gasteiger partial charge < -0.3 is 30.7 Å². The fourth-order valence-corrected chi connectivity index (χ4v) is 5.97. The molecule has 0 spiro atoms. The van der Waals surface area contributed by atoms with Crippen molar-refractivity contribution in [3.05, 3.63) is 94.3 Å². The fraction of sp³-hybridized carbons (Fsp3) is 0.351. The van der Waals surface area contributed by atoms with Crippen LogP contribution in [0, 0.1) is 25.2 Å². The minimum Gasteiger partial charge on any atom is -0.347 e. The molecule has 1 atom stereocenters. The van der Waals surface area contributed by atoms with Gasteiger partial charge in [-0.3, -0.25) is 9.69 Å². The number of nitrogens with one attached hydrogen (secondary N) is 4. The van der Waals surface area contributed by atoms with Gasteiger partial charge in [0.05, 0.1) is 29.2 Å². The first-order chi connectivity index (χ1) is 24.1. The van der Waals surface area contributed by atoms with Crippen LogP contribution in [0.1, 0.15) is 33.6 Å². The van der Waals surface area contributed by atoms with Crippen LogP contribution in [-0.2, 0) is 24.3 Å². The zero-order chi connectivity index (χ0) is 35.2. The number of hydrogen-bond acceptors (Lipinski definition) is 11. The third kappa shape index (κ3) is 8.52. The van der Waals surface area contributed by atoms with Gasteiger partial charge in [-0.1, -0.05) is 24.3 Å². The number of aryl methyl sites for hydroxylation is 2. The second-order valence-corrected chi connectivity index (χ2v) is 13.1. The molecule has 5 aromatic rings. The smallest absolute Gasteiger partial charge is 0.244 e. The van der Waals surface area contributed by atoms with E-state index in [1.165, 1.54) is 16.7 Å². The standard InChI is InChI=1S/C37H44N12O/c1-24-17-30-31(18-25(24)2)42-33(41-30)23-48(5)37-45-35(40-29-8-6-7-28(19-29)22-49-15-13-39-14-16-49)44-36(46-37)43-32(34(50)47(3)4)20-26-9-11-27(21-38)12-10-26/h6-12,17-19,32,39H,13-16,20,22-23H2,1-5H3,(H,41,42)(H2,40,43,44,45,46)/t32-/m0/s1. The second kappa shape index (κ2) is 15.3. The molecule has 4 N–H and O–H groups in total. The Balaban J connectivity index is 1.30. The fourth-order valence-electron chi connectivity index (χ4n) is 5.97. The van der Waals surface area contributed by atoms with Crippen LogP contribution in [0.5, 0.6) is 0 Å². The number of hydrogen-bond donors (Lipinski definition) is 4. The molecule has 13 nitrogen and oxygen atoms in total. The molecular weight excluding hydrogens is 628 g/mol. The highest BCUT2D eigenvalue weighted by atomic mass is 16.2. The molecule has 0 radical (unpaired) electrons. The second-order valence-electron chi connectivity index (χ2n) is 13.1. The first kappa shape index (κ1) is 34.3. The molecule has 1 aliphatic heterocycles. The number of fused-ring (bicyclic) bond motifs is 1. The predicted molar refractivity (Wildman–Crippen MR) is 196 cm³/mol. The lowest BCUT2D eigenvalue weighted by Gasteiger charge is -2.27. The number of carbonyl (C=O) groups is 1. The summed E-state index contributed by atoms with van der Waals surface area (Å²) in [5, 5.41) is 19.3. The van der Waals surface area contributed by atoms with E-state index in [1.807, 2.05) is 36.2 Å². The Morgan fingerprint density at radius 3 is 2.42 bits per heavy atom. The number of nitrogens with zero attached hydrogens (tertiary/aromatic N) is 8. The molecule has 3 aromatic carbocycles. The normalized spacial score (nSPS) is 13.8. The van der Waals surface area contributed by atoms with E-state index in [0.29, 0.717) is 30.4 Å². The lowest BCUT2D eigenvalue weighted by atomic mass is 10.0. The van der Waals surface area contributed by atoms with Crippen LogP contribution in [0.2, 0.25) is 0 Å². The topological polar surface area (TPSA) is 154 Å². The Labute approximate surface area is 292 Å². The molecular formula is C37H44N12O. The van der Waals surface area contributed by atoms with Gasteiger partial charge in [0, 0.05) is 66.0 Å². The van der Waals surface area contributed by atoms with E-state index in [2.05, 4.69) is 70.0 Å². The molecule has 13 heteroatoms. The van der Waals surface area contributed by atoms with Gasteiger partial charge in [0.15, 0.2) is 0 Å². The molecule has 0 bridgehead atoms. The van der Waals surface area contributed by atoms with E-state index >= 15 is 0 Å². The molecule has 3 heterocycles. The molecule has 1 aliphatic rings. The maximum absolute atomic E-state index is 13.4. The molecule has 0 saturated carbocycles. The highest BCUT2D eigenvalue weighted by Gasteiger charge is 2.23. The summed E-state index contributed by atoms with van der Waals surface area (Å²) < 4.78 is 0. The van der Waals surface area contributed by atoms with E-state index in [4.69, 9.17) is 19.9 Å². The number of benzene rings is 3.